The molecular weight excluding hydrogens is 342 g/mol. The Kier molecular flexibility index (Phi) is 4.72. The second kappa shape index (κ2) is 7.03. The van der Waals surface area contributed by atoms with Crippen LogP contribution in [0.3, 0.4) is 0 Å². The second-order valence-corrected chi connectivity index (χ2v) is 8.46. The highest BCUT2D eigenvalue weighted by atomic mass is 16.5. The number of aromatic nitrogens is 4. The molecule has 0 bridgehead atoms. The summed E-state index contributed by atoms with van der Waals surface area (Å²) in [6.07, 6.45) is 2.88. The van der Waals surface area contributed by atoms with E-state index in [9.17, 15) is 4.79 Å². The summed E-state index contributed by atoms with van der Waals surface area (Å²) in [5, 5.41) is 13.5. The Hall–Kier alpha value is -2.28. The van der Waals surface area contributed by atoms with E-state index < -0.39 is 0 Å². The largest absolute Gasteiger partial charge is 0.376 e. The summed E-state index contributed by atoms with van der Waals surface area (Å²) in [5.41, 5.74) is 2.83. The third-order valence-electron chi connectivity index (χ3n) is 5.38. The number of fused-ring (bicyclic) bond motifs is 1. The molecule has 2 aromatic rings. The Bertz CT molecular complexity index is 869. The second-order valence-electron chi connectivity index (χ2n) is 8.46. The highest BCUT2D eigenvalue weighted by molar-refractivity contribution is 5.40. The Morgan fingerprint density at radius 1 is 1.26 bits per heavy atom. The maximum Gasteiger partial charge on any atom is 0.267 e. The van der Waals surface area contributed by atoms with Crippen molar-refractivity contribution in [2.45, 2.75) is 64.6 Å². The lowest BCUT2D eigenvalue weighted by Gasteiger charge is -2.26. The van der Waals surface area contributed by atoms with Crippen molar-refractivity contribution in [2.75, 3.05) is 18.1 Å². The molecular formula is C20H27N5O2. The lowest BCUT2D eigenvalue weighted by molar-refractivity contribution is 0.108. The van der Waals surface area contributed by atoms with E-state index in [1.165, 1.54) is 0 Å². The van der Waals surface area contributed by atoms with Crippen LogP contribution in [-0.2, 0) is 29.7 Å². The average Bonchev–Trinajstić information content (AvgIpc) is 3.10. The molecule has 1 saturated heterocycles. The van der Waals surface area contributed by atoms with Crippen molar-refractivity contribution >= 4 is 5.82 Å². The highest BCUT2D eigenvalue weighted by Gasteiger charge is 2.28. The molecule has 4 heterocycles. The molecule has 1 unspecified atom stereocenters. The maximum absolute atomic E-state index is 12.5. The van der Waals surface area contributed by atoms with Gasteiger partial charge in [-0.3, -0.25) is 4.79 Å². The van der Waals surface area contributed by atoms with E-state index in [1.807, 2.05) is 6.07 Å². The van der Waals surface area contributed by atoms with Gasteiger partial charge in [0, 0.05) is 30.0 Å². The summed E-state index contributed by atoms with van der Waals surface area (Å²) in [6.45, 7) is 9.07. The SMILES string of the molecule is CC(C)(C)c1ccc(N2CCCC2Cn2nc3c(cc2=O)COCC3)nn1. The molecule has 4 rings (SSSR count). The predicted octanol–water partition coefficient (Wildman–Crippen LogP) is 2.07. The van der Waals surface area contributed by atoms with E-state index in [1.54, 1.807) is 10.7 Å². The fourth-order valence-corrected chi connectivity index (χ4v) is 3.79. The Morgan fingerprint density at radius 2 is 2.11 bits per heavy atom. The maximum atomic E-state index is 12.5. The number of hydrogen-bond acceptors (Lipinski definition) is 6. The molecule has 0 amide bonds. The molecule has 144 valence electrons. The fourth-order valence-electron chi connectivity index (χ4n) is 3.79. The monoisotopic (exact) mass is 369 g/mol. The van der Waals surface area contributed by atoms with Gasteiger partial charge >= 0.3 is 0 Å². The fraction of sp³-hybridized carbons (Fsp3) is 0.600. The van der Waals surface area contributed by atoms with E-state index in [0.717, 1.165) is 48.6 Å². The predicted molar refractivity (Wildman–Crippen MR) is 103 cm³/mol. The first-order valence-corrected chi connectivity index (χ1v) is 9.70. The Labute approximate surface area is 159 Å². The van der Waals surface area contributed by atoms with Crippen LogP contribution in [0.25, 0.3) is 0 Å². The molecule has 0 aromatic carbocycles. The lowest BCUT2D eigenvalue weighted by atomic mass is 9.92. The number of rotatable bonds is 3. The van der Waals surface area contributed by atoms with Crippen molar-refractivity contribution < 1.29 is 4.74 Å². The molecule has 7 nitrogen and oxygen atoms in total. The number of anilines is 1. The van der Waals surface area contributed by atoms with Gasteiger partial charge in [-0.15, -0.1) is 5.10 Å². The van der Waals surface area contributed by atoms with Gasteiger partial charge in [-0.2, -0.15) is 10.2 Å². The zero-order valence-electron chi connectivity index (χ0n) is 16.3. The van der Waals surface area contributed by atoms with Gasteiger partial charge in [0.05, 0.1) is 37.2 Å². The molecule has 7 heteroatoms. The number of ether oxygens (including phenoxy) is 1. The quantitative estimate of drug-likeness (QED) is 0.825. The van der Waals surface area contributed by atoms with Crippen molar-refractivity contribution in [1.29, 1.82) is 0 Å². The first kappa shape index (κ1) is 18.1. The van der Waals surface area contributed by atoms with Gasteiger partial charge in [0.1, 0.15) is 0 Å². The van der Waals surface area contributed by atoms with Gasteiger partial charge < -0.3 is 9.64 Å². The Balaban J connectivity index is 1.55. The topological polar surface area (TPSA) is 73.1 Å². The number of hydrogen-bond donors (Lipinski definition) is 0. The number of nitrogens with zero attached hydrogens (tertiary/aromatic N) is 5. The molecule has 1 fully saturated rings. The summed E-state index contributed by atoms with van der Waals surface area (Å²) < 4.78 is 7.04. The highest BCUT2D eigenvalue weighted by Crippen LogP contribution is 2.26. The Morgan fingerprint density at radius 3 is 2.85 bits per heavy atom. The third kappa shape index (κ3) is 3.74. The van der Waals surface area contributed by atoms with Gasteiger partial charge in [0.25, 0.3) is 5.56 Å². The van der Waals surface area contributed by atoms with E-state index in [-0.39, 0.29) is 17.0 Å². The first-order valence-electron chi connectivity index (χ1n) is 9.70. The minimum absolute atomic E-state index is 0.0139. The van der Waals surface area contributed by atoms with Crippen molar-refractivity contribution in [3.63, 3.8) is 0 Å². The van der Waals surface area contributed by atoms with Gasteiger partial charge in [-0.1, -0.05) is 20.8 Å². The van der Waals surface area contributed by atoms with Crippen LogP contribution in [-0.4, -0.2) is 39.2 Å². The molecule has 0 N–H and O–H groups in total. The molecule has 1 atom stereocenters. The minimum Gasteiger partial charge on any atom is -0.376 e. The van der Waals surface area contributed by atoms with Crippen LogP contribution in [0.5, 0.6) is 0 Å². The van der Waals surface area contributed by atoms with Gasteiger partial charge in [-0.05, 0) is 25.0 Å². The zero-order valence-corrected chi connectivity index (χ0v) is 16.3. The van der Waals surface area contributed by atoms with Crippen LogP contribution in [0, 0.1) is 0 Å². The van der Waals surface area contributed by atoms with Crippen LogP contribution in [0.1, 0.15) is 50.6 Å². The van der Waals surface area contributed by atoms with Crippen molar-refractivity contribution in [3.8, 4) is 0 Å². The third-order valence-corrected chi connectivity index (χ3v) is 5.38. The molecule has 2 aliphatic heterocycles. The van der Waals surface area contributed by atoms with E-state index in [4.69, 9.17) is 4.74 Å². The summed E-state index contributed by atoms with van der Waals surface area (Å²) >= 11 is 0. The molecule has 2 aliphatic rings. The van der Waals surface area contributed by atoms with Crippen LogP contribution >= 0.6 is 0 Å². The van der Waals surface area contributed by atoms with Crippen molar-refractivity contribution in [3.05, 3.63) is 45.5 Å². The normalized spacial score (nSPS) is 20.0. The summed E-state index contributed by atoms with van der Waals surface area (Å²) in [5.74, 6) is 0.880. The smallest absolute Gasteiger partial charge is 0.267 e. The van der Waals surface area contributed by atoms with Crippen LogP contribution in [0.15, 0.2) is 23.0 Å². The molecule has 0 aliphatic carbocycles. The first-order chi connectivity index (χ1) is 12.9. The van der Waals surface area contributed by atoms with E-state index >= 15 is 0 Å². The van der Waals surface area contributed by atoms with Gasteiger partial charge in [0.15, 0.2) is 5.82 Å². The van der Waals surface area contributed by atoms with Crippen molar-refractivity contribution in [2.24, 2.45) is 0 Å². The van der Waals surface area contributed by atoms with E-state index in [0.29, 0.717) is 19.8 Å². The summed E-state index contributed by atoms with van der Waals surface area (Å²) in [6, 6.07) is 5.99. The van der Waals surface area contributed by atoms with Gasteiger partial charge in [0.2, 0.25) is 0 Å². The van der Waals surface area contributed by atoms with Crippen LogP contribution < -0.4 is 10.5 Å². The average molecular weight is 369 g/mol. The van der Waals surface area contributed by atoms with Crippen LogP contribution in [0.2, 0.25) is 0 Å². The minimum atomic E-state index is -0.0553. The molecule has 2 aromatic heterocycles. The lowest BCUT2D eigenvalue weighted by Crippen LogP contribution is -2.38. The van der Waals surface area contributed by atoms with Crippen LogP contribution in [0.4, 0.5) is 5.82 Å². The molecule has 0 radical (unpaired) electrons. The van der Waals surface area contributed by atoms with E-state index in [2.05, 4.69) is 47.0 Å². The van der Waals surface area contributed by atoms with Crippen molar-refractivity contribution in [1.82, 2.24) is 20.0 Å². The summed E-state index contributed by atoms with van der Waals surface area (Å²) in [4.78, 5) is 14.7. The molecule has 0 saturated carbocycles. The zero-order chi connectivity index (χ0) is 19.0. The van der Waals surface area contributed by atoms with Gasteiger partial charge in [-0.25, -0.2) is 4.68 Å². The standard InChI is InChI=1S/C20H27N5O2/c1-20(2,3)17-6-7-18(22-21-17)24-9-4-5-15(24)12-25-19(26)11-14-13-27-10-8-16(14)23-25/h6-7,11,15H,4-5,8-10,12-13H2,1-3H3. The molecule has 0 spiro atoms. The summed E-state index contributed by atoms with van der Waals surface area (Å²) in [7, 11) is 0. The molecule has 27 heavy (non-hydrogen) atoms.